The van der Waals surface area contributed by atoms with Gasteiger partial charge in [0, 0.05) is 11.1 Å². The first-order chi connectivity index (χ1) is 14.0. The van der Waals surface area contributed by atoms with Crippen molar-refractivity contribution in [3.05, 3.63) is 48.0 Å². The zero-order chi connectivity index (χ0) is 20.4. The first-order valence-corrected chi connectivity index (χ1v) is 10.5. The lowest BCUT2D eigenvalue weighted by atomic mass is 10.2. The van der Waals surface area contributed by atoms with E-state index in [1.54, 1.807) is 37.3 Å². The summed E-state index contributed by atoms with van der Waals surface area (Å²) in [6.45, 7) is 2.47. The van der Waals surface area contributed by atoms with Gasteiger partial charge in [0.25, 0.3) is 5.91 Å². The smallest absolute Gasteiger partial charge is 0.322 e. The molecule has 0 saturated heterocycles. The number of rotatable bonds is 5. The third-order valence-corrected chi connectivity index (χ3v) is 6.04. The molecule has 0 fully saturated rings. The Labute approximate surface area is 166 Å². The van der Waals surface area contributed by atoms with E-state index in [0.29, 0.717) is 35.8 Å². The Balaban J connectivity index is 1.49. The Bertz CT molecular complexity index is 1150. The molecule has 1 aliphatic rings. The van der Waals surface area contributed by atoms with E-state index < -0.39 is 15.7 Å². The van der Waals surface area contributed by atoms with Gasteiger partial charge in [-0.3, -0.25) is 10.1 Å². The number of nitrogens with one attached hydrogen (secondary N) is 1. The number of carbonyl (C=O) groups is 1. The number of benzene rings is 2. The second-order valence-corrected chi connectivity index (χ2v) is 8.43. The first kappa shape index (κ1) is 18.9. The molecule has 4 rings (SSSR count). The van der Waals surface area contributed by atoms with E-state index in [0.717, 1.165) is 0 Å². The topological polar surface area (TPSA) is 121 Å². The van der Waals surface area contributed by atoms with Crippen LogP contribution in [0, 0.1) is 0 Å². The van der Waals surface area contributed by atoms with Gasteiger partial charge in [-0.15, -0.1) is 5.10 Å². The van der Waals surface area contributed by atoms with Crippen LogP contribution in [0.4, 0.5) is 6.01 Å². The molecule has 0 unspecified atom stereocenters. The Morgan fingerprint density at radius 3 is 2.48 bits per heavy atom. The normalized spacial score (nSPS) is 13.1. The second kappa shape index (κ2) is 7.55. The number of nitrogens with zero attached hydrogens (tertiary/aromatic N) is 2. The number of aromatic nitrogens is 2. The van der Waals surface area contributed by atoms with E-state index in [2.05, 4.69) is 15.5 Å². The van der Waals surface area contributed by atoms with Crippen LogP contribution in [0.1, 0.15) is 17.3 Å². The maximum atomic E-state index is 12.4. The molecule has 3 aromatic rings. The molecule has 1 aliphatic heterocycles. The molecule has 150 valence electrons. The van der Waals surface area contributed by atoms with Gasteiger partial charge in [-0.25, -0.2) is 8.42 Å². The fraction of sp³-hybridized carbons (Fsp3) is 0.211. The van der Waals surface area contributed by atoms with Gasteiger partial charge in [0.05, 0.1) is 10.6 Å². The lowest BCUT2D eigenvalue weighted by Crippen LogP contribution is -2.17. The van der Waals surface area contributed by atoms with Crippen molar-refractivity contribution in [2.75, 3.05) is 24.3 Å². The Hall–Kier alpha value is -3.40. The van der Waals surface area contributed by atoms with Gasteiger partial charge < -0.3 is 13.9 Å². The molecule has 29 heavy (non-hydrogen) atoms. The molecular formula is C19H17N3O6S. The van der Waals surface area contributed by atoms with Crippen molar-refractivity contribution in [1.82, 2.24) is 10.2 Å². The van der Waals surface area contributed by atoms with Crippen LogP contribution >= 0.6 is 0 Å². The highest BCUT2D eigenvalue weighted by molar-refractivity contribution is 7.91. The Morgan fingerprint density at radius 1 is 1.03 bits per heavy atom. The summed E-state index contributed by atoms with van der Waals surface area (Å²) in [5, 5.41) is 10.2. The van der Waals surface area contributed by atoms with Gasteiger partial charge in [0.1, 0.15) is 13.2 Å². The quantitative estimate of drug-likeness (QED) is 0.675. The Kier molecular flexibility index (Phi) is 4.93. The van der Waals surface area contributed by atoms with Crippen molar-refractivity contribution >= 4 is 21.8 Å². The minimum atomic E-state index is -3.29. The molecule has 0 aliphatic carbocycles. The second-order valence-electron chi connectivity index (χ2n) is 6.15. The number of carbonyl (C=O) groups excluding carboxylic acids is 1. The van der Waals surface area contributed by atoms with Crippen LogP contribution < -0.4 is 14.8 Å². The third-order valence-electron chi connectivity index (χ3n) is 4.29. The van der Waals surface area contributed by atoms with E-state index in [9.17, 15) is 13.2 Å². The SMILES string of the molecule is CCS(=O)(=O)c1ccc(-c2nnc(NC(=O)c3ccc4c(c3)OCCO4)o2)cc1. The molecule has 0 bridgehead atoms. The van der Waals surface area contributed by atoms with E-state index in [1.165, 1.54) is 12.1 Å². The fourth-order valence-electron chi connectivity index (χ4n) is 2.72. The highest BCUT2D eigenvalue weighted by Gasteiger charge is 2.18. The predicted octanol–water partition coefficient (Wildman–Crippen LogP) is 2.55. The summed E-state index contributed by atoms with van der Waals surface area (Å²) in [5.41, 5.74) is 0.885. The van der Waals surface area contributed by atoms with Gasteiger partial charge in [0.15, 0.2) is 21.3 Å². The minimum Gasteiger partial charge on any atom is -0.486 e. The highest BCUT2D eigenvalue weighted by Crippen LogP contribution is 2.31. The summed E-state index contributed by atoms with van der Waals surface area (Å²) in [6.07, 6.45) is 0. The molecule has 1 N–H and O–H groups in total. The van der Waals surface area contributed by atoms with Crippen LogP contribution in [-0.2, 0) is 9.84 Å². The average molecular weight is 415 g/mol. The van der Waals surface area contributed by atoms with Crippen molar-refractivity contribution in [2.45, 2.75) is 11.8 Å². The molecule has 1 aromatic heterocycles. The molecule has 0 spiro atoms. The molecule has 0 saturated carbocycles. The van der Waals surface area contributed by atoms with Gasteiger partial charge in [-0.05, 0) is 42.5 Å². The number of anilines is 1. The standard InChI is InChI=1S/C19H17N3O6S/c1-2-29(24,25)14-6-3-12(4-7-14)18-21-22-19(28-18)20-17(23)13-5-8-15-16(11-13)27-10-9-26-15/h3-8,11H,2,9-10H2,1H3,(H,20,22,23). The molecule has 2 heterocycles. The van der Waals surface area contributed by atoms with E-state index >= 15 is 0 Å². The van der Waals surface area contributed by atoms with E-state index in [-0.39, 0.29) is 22.6 Å². The summed E-state index contributed by atoms with van der Waals surface area (Å²) in [6, 6.07) is 10.9. The maximum absolute atomic E-state index is 12.4. The maximum Gasteiger partial charge on any atom is 0.322 e. The van der Waals surface area contributed by atoms with Gasteiger partial charge in [0.2, 0.25) is 5.89 Å². The van der Waals surface area contributed by atoms with Crippen molar-refractivity contribution < 1.29 is 27.1 Å². The Morgan fingerprint density at radius 2 is 1.76 bits per heavy atom. The fourth-order valence-corrected chi connectivity index (χ4v) is 3.60. The highest BCUT2D eigenvalue weighted by atomic mass is 32.2. The summed E-state index contributed by atoms with van der Waals surface area (Å²) in [5.74, 6) is 0.811. The average Bonchev–Trinajstić information content (AvgIpc) is 3.22. The molecule has 0 radical (unpaired) electrons. The number of hydrogen-bond donors (Lipinski definition) is 1. The number of sulfone groups is 1. The molecule has 9 nitrogen and oxygen atoms in total. The zero-order valence-electron chi connectivity index (χ0n) is 15.4. The van der Waals surface area contributed by atoms with Crippen molar-refractivity contribution in [3.63, 3.8) is 0 Å². The number of ether oxygens (including phenoxy) is 2. The van der Waals surface area contributed by atoms with Crippen molar-refractivity contribution in [3.8, 4) is 23.0 Å². The van der Waals surface area contributed by atoms with Crippen LogP contribution in [-0.4, -0.2) is 43.5 Å². The molecule has 10 heteroatoms. The molecule has 2 aromatic carbocycles. The number of amides is 1. The molecular weight excluding hydrogens is 398 g/mol. The zero-order valence-corrected chi connectivity index (χ0v) is 16.2. The van der Waals surface area contributed by atoms with Crippen LogP contribution in [0.15, 0.2) is 51.8 Å². The minimum absolute atomic E-state index is 0.0168. The first-order valence-electron chi connectivity index (χ1n) is 8.84. The summed E-state index contributed by atoms with van der Waals surface area (Å²) >= 11 is 0. The predicted molar refractivity (Wildman–Crippen MR) is 103 cm³/mol. The third kappa shape index (κ3) is 3.92. The lowest BCUT2D eigenvalue weighted by molar-refractivity contribution is 0.102. The summed E-state index contributed by atoms with van der Waals surface area (Å²) in [4.78, 5) is 12.6. The van der Waals surface area contributed by atoms with Gasteiger partial charge in [-0.2, -0.15) is 0 Å². The van der Waals surface area contributed by atoms with Crippen molar-refractivity contribution in [2.24, 2.45) is 0 Å². The van der Waals surface area contributed by atoms with Crippen LogP contribution in [0.2, 0.25) is 0 Å². The van der Waals surface area contributed by atoms with Crippen LogP contribution in [0.5, 0.6) is 11.5 Å². The lowest BCUT2D eigenvalue weighted by Gasteiger charge is -2.18. The van der Waals surface area contributed by atoms with Crippen LogP contribution in [0.3, 0.4) is 0 Å². The largest absolute Gasteiger partial charge is 0.486 e. The summed E-state index contributed by atoms with van der Waals surface area (Å²) < 4.78 is 40.1. The summed E-state index contributed by atoms with van der Waals surface area (Å²) in [7, 11) is -3.29. The number of fused-ring (bicyclic) bond motifs is 1. The molecule has 1 amide bonds. The van der Waals surface area contributed by atoms with Gasteiger partial charge >= 0.3 is 6.01 Å². The van der Waals surface area contributed by atoms with Gasteiger partial charge in [-0.1, -0.05) is 12.0 Å². The van der Waals surface area contributed by atoms with E-state index in [1.807, 2.05) is 0 Å². The van der Waals surface area contributed by atoms with E-state index in [4.69, 9.17) is 13.9 Å². The monoisotopic (exact) mass is 415 g/mol. The number of hydrogen-bond acceptors (Lipinski definition) is 8. The van der Waals surface area contributed by atoms with Crippen LogP contribution in [0.25, 0.3) is 11.5 Å². The van der Waals surface area contributed by atoms with Crippen molar-refractivity contribution in [1.29, 1.82) is 0 Å². The molecule has 0 atom stereocenters.